The Morgan fingerprint density at radius 1 is 1.50 bits per heavy atom. The van der Waals surface area contributed by atoms with E-state index in [2.05, 4.69) is 19.0 Å². The minimum atomic E-state index is -0.656. The summed E-state index contributed by atoms with van der Waals surface area (Å²) in [6, 6.07) is 1.07. The fraction of sp³-hybridized carbons (Fsp3) is 1.00. The maximum atomic E-state index is 8.50. The molecule has 0 aliphatic rings. The van der Waals surface area contributed by atoms with E-state index in [1.54, 1.807) is 0 Å². The van der Waals surface area contributed by atoms with Crippen LogP contribution in [-0.2, 0) is 0 Å². The molecule has 0 amide bonds. The molecule has 0 aromatic carbocycles. The third-order valence-corrected chi connectivity index (χ3v) is 1.83. The summed E-state index contributed by atoms with van der Waals surface area (Å²) in [5, 5.41) is 0. The number of rotatable bonds is 4. The molecule has 0 rings (SSSR count). The Kier molecular flexibility index (Phi) is 5.37. The molecule has 2 nitrogen and oxygen atoms in total. The SMILES string of the molecule is CN(C)CCC[SiH2]O. The van der Waals surface area contributed by atoms with Crippen molar-refractivity contribution >= 4 is 9.76 Å². The van der Waals surface area contributed by atoms with Crippen molar-refractivity contribution in [3.63, 3.8) is 0 Å². The van der Waals surface area contributed by atoms with Gasteiger partial charge in [-0.15, -0.1) is 0 Å². The topological polar surface area (TPSA) is 23.5 Å². The molecule has 0 aromatic rings. The van der Waals surface area contributed by atoms with Gasteiger partial charge in [-0.25, -0.2) is 0 Å². The zero-order valence-corrected chi connectivity index (χ0v) is 7.14. The summed E-state index contributed by atoms with van der Waals surface area (Å²) < 4.78 is 0. The number of hydrogen-bond acceptors (Lipinski definition) is 2. The van der Waals surface area contributed by atoms with E-state index < -0.39 is 9.76 Å². The van der Waals surface area contributed by atoms with Gasteiger partial charge in [0.15, 0.2) is 9.76 Å². The van der Waals surface area contributed by atoms with E-state index in [1.165, 1.54) is 0 Å². The first-order valence-electron chi connectivity index (χ1n) is 3.03. The second kappa shape index (κ2) is 5.28. The van der Waals surface area contributed by atoms with Crippen LogP contribution in [0, 0.1) is 0 Å². The van der Waals surface area contributed by atoms with Crippen molar-refractivity contribution in [2.45, 2.75) is 12.5 Å². The summed E-state index contributed by atoms with van der Waals surface area (Å²) in [6.07, 6.45) is 1.16. The molecule has 0 saturated carbocycles. The van der Waals surface area contributed by atoms with Crippen LogP contribution >= 0.6 is 0 Å². The molecular formula is C5H15NOSi. The Bertz CT molecular complexity index is 49.7. The van der Waals surface area contributed by atoms with Crippen LogP contribution < -0.4 is 0 Å². The third-order valence-electron chi connectivity index (χ3n) is 1.01. The van der Waals surface area contributed by atoms with E-state index >= 15 is 0 Å². The van der Waals surface area contributed by atoms with Crippen LogP contribution in [0.5, 0.6) is 0 Å². The zero-order valence-electron chi connectivity index (χ0n) is 5.72. The van der Waals surface area contributed by atoms with Crippen molar-refractivity contribution < 1.29 is 4.80 Å². The molecule has 0 aliphatic carbocycles. The first-order valence-corrected chi connectivity index (χ1v) is 4.66. The first kappa shape index (κ1) is 8.14. The Balaban J connectivity index is 2.72. The van der Waals surface area contributed by atoms with Crippen molar-refractivity contribution in [1.29, 1.82) is 0 Å². The molecule has 0 saturated heterocycles. The van der Waals surface area contributed by atoms with Crippen molar-refractivity contribution in [3.05, 3.63) is 0 Å². The van der Waals surface area contributed by atoms with Crippen LogP contribution in [-0.4, -0.2) is 40.1 Å². The van der Waals surface area contributed by atoms with E-state index in [-0.39, 0.29) is 0 Å². The molecule has 0 atom stereocenters. The Morgan fingerprint density at radius 3 is 2.50 bits per heavy atom. The molecule has 0 spiro atoms. The molecular weight excluding hydrogens is 118 g/mol. The third kappa shape index (κ3) is 6.14. The lowest BCUT2D eigenvalue weighted by atomic mass is 10.5. The molecule has 0 aliphatic heterocycles. The summed E-state index contributed by atoms with van der Waals surface area (Å²) in [4.78, 5) is 10.6. The maximum absolute atomic E-state index is 8.50. The van der Waals surface area contributed by atoms with Crippen molar-refractivity contribution in [2.24, 2.45) is 0 Å². The predicted molar refractivity (Wildman–Crippen MR) is 38.7 cm³/mol. The van der Waals surface area contributed by atoms with E-state index in [1.807, 2.05) is 0 Å². The molecule has 0 bridgehead atoms. The van der Waals surface area contributed by atoms with Crippen molar-refractivity contribution in [2.75, 3.05) is 20.6 Å². The second-order valence-corrected chi connectivity index (χ2v) is 3.39. The molecule has 3 heteroatoms. The fourth-order valence-electron chi connectivity index (χ4n) is 0.540. The van der Waals surface area contributed by atoms with Crippen molar-refractivity contribution in [1.82, 2.24) is 4.90 Å². The van der Waals surface area contributed by atoms with E-state index in [4.69, 9.17) is 4.80 Å². The summed E-state index contributed by atoms with van der Waals surface area (Å²) in [7, 11) is 3.45. The van der Waals surface area contributed by atoms with Gasteiger partial charge in [0.05, 0.1) is 0 Å². The lowest BCUT2D eigenvalue weighted by molar-refractivity contribution is 0.406. The summed E-state index contributed by atoms with van der Waals surface area (Å²) >= 11 is 0. The lowest BCUT2D eigenvalue weighted by Crippen LogP contribution is -2.13. The van der Waals surface area contributed by atoms with Gasteiger partial charge in [-0.3, -0.25) is 0 Å². The van der Waals surface area contributed by atoms with Crippen LogP contribution in [0.25, 0.3) is 0 Å². The number of hydrogen-bond donors (Lipinski definition) is 1. The highest BCUT2D eigenvalue weighted by atomic mass is 28.2. The average Bonchev–Trinajstić information content (AvgIpc) is 1.66. The minimum Gasteiger partial charge on any atom is -0.438 e. The van der Waals surface area contributed by atoms with E-state index in [9.17, 15) is 0 Å². The fourth-order valence-corrected chi connectivity index (χ4v) is 0.987. The van der Waals surface area contributed by atoms with Gasteiger partial charge >= 0.3 is 0 Å². The smallest absolute Gasteiger partial charge is 0.156 e. The molecule has 0 unspecified atom stereocenters. The Morgan fingerprint density at radius 2 is 2.12 bits per heavy atom. The quantitative estimate of drug-likeness (QED) is 0.410. The largest absolute Gasteiger partial charge is 0.438 e. The maximum Gasteiger partial charge on any atom is 0.156 e. The van der Waals surface area contributed by atoms with Gasteiger partial charge in [0, 0.05) is 0 Å². The van der Waals surface area contributed by atoms with Crippen LogP contribution in [0.1, 0.15) is 6.42 Å². The highest BCUT2D eigenvalue weighted by Gasteiger charge is 1.87. The molecule has 0 fully saturated rings. The van der Waals surface area contributed by atoms with Gasteiger partial charge < -0.3 is 9.70 Å². The zero-order chi connectivity index (χ0) is 6.41. The minimum absolute atomic E-state index is 0.656. The summed E-state index contributed by atoms with van der Waals surface area (Å²) in [5.74, 6) is 0. The molecule has 50 valence electrons. The van der Waals surface area contributed by atoms with E-state index in [0.29, 0.717) is 0 Å². The standard InChI is InChI=1S/C5H15NOSi/c1-6(2)4-3-5-8-7/h7H,3-5,8H2,1-2H3. The first-order chi connectivity index (χ1) is 3.77. The highest BCUT2D eigenvalue weighted by molar-refractivity contribution is 6.25. The van der Waals surface area contributed by atoms with Crippen LogP contribution in [0.3, 0.4) is 0 Å². The van der Waals surface area contributed by atoms with Crippen LogP contribution in [0.15, 0.2) is 0 Å². The molecule has 0 heterocycles. The van der Waals surface area contributed by atoms with Crippen LogP contribution in [0.4, 0.5) is 0 Å². The van der Waals surface area contributed by atoms with Gasteiger partial charge in [-0.05, 0) is 33.1 Å². The molecule has 8 heavy (non-hydrogen) atoms. The van der Waals surface area contributed by atoms with Crippen LogP contribution in [0.2, 0.25) is 6.04 Å². The Hall–Kier alpha value is 0.137. The Labute approximate surface area is 53.5 Å². The van der Waals surface area contributed by atoms with Gasteiger partial charge in [0.2, 0.25) is 0 Å². The van der Waals surface area contributed by atoms with Crippen molar-refractivity contribution in [3.8, 4) is 0 Å². The normalized spacial score (nSPS) is 12.0. The van der Waals surface area contributed by atoms with Gasteiger partial charge in [0.25, 0.3) is 0 Å². The summed E-state index contributed by atoms with van der Waals surface area (Å²) in [5.41, 5.74) is 0. The van der Waals surface area contributed by atoms with E-state index in [0.717, 1.165) is 19.0 Å². The summed E-state index contributed by atoms with van der Waals surface area (Å²) in [6.45, 7) is 1.12. The number of nitrogens with zero attached hydrogens (tertiary/aromatic N) is 1. The predicted octanol–water partition coefficient (Wildman–Crippen LogP) is -0.568. The van der Waals surface area contributed by atoms with Gasteiger partial charge in [-0.2, -0.15) is 0 Å². The monoisotopic (exact) mass is 133 g/mol. The molecule has 0 radical (unpaired) electrons. The van der Waals surface area contributed by atoms with Gasteiger partial charge in [-0.1, -0.05) is 0 Å². The average molecular weight is 133 g/mol. The molecule has 0 aromatic heterocycles. The molecule has 1 N–H and O–H groups in total. The van der Waals surface area contributed by atoms with Gasteiger partial charge in [0.1, 0.15) is 0 Å². The lowest BCUT2D eigenvalue weighted by Gasteiger charge is -2.06. The second-order valence-electron chi connectivity index (χ2n) is 2.23. The highest BCUT2D eigenvalue weighted by Crippen LogP contribution is 1.87.